The van der Waals surface area contributed by atoms with Gasteiger partial charge in [-0.05, 0) is 42.3 Å². The second-order valence-electron chi connectivity index (χ2n) is 5.77. The molecule has 3 aromatic rings. The first-order valence-corrected chi connectivity index (χ1v) is 11.0. The lowest BCUT2D eigenvalue weighted by atomic mass is 10.2. The average molecular weight is 458 g/mol. The van der Waals surface area contributed by atoms with Crippen LogP contribution in [-0.2, 0) is 17.0 Å². The molecule has 0 saturated carbocycles. The number of rotatable bonds is 6. The molecule has 1 amide bonds. The van der Waals surface area contributed by atoms with E-state index < -0.39 is 0 Å². The molecule has 8 heteroatoms. The van der Waals surface area contributed by atoms with E-state index in [1.54, 1.807) is 23.9 Å². The van der Waals surface area contributed by atoms with Gasteiger partial charge in [0.1, 0.15) is 4.34 Å². The number of halogens is 3. The smallest absolute Gasteiger partial charge is 0.230 e. The third-order valence-electron chi connectivity index (χ3n) is 3.78. The number of amides is 1. The molecule has 0 aliphatic rings. The number of nitrogens with one attached hydrogen (secondary N) is 1. The van der Waals surface area contributed by atoms with Gasteiger partial charge in [0.05, 0.1) is 12.1 Å². The van der Waals surface area contributed by atoms with Crippen LogP contribution < -0.4 is 5.32 Å². The molecular weight excluding hydrogens is 443 g/mol. The van der Waals surface area contributed by atoms with Gasteiger partial charge in [-0.1, -0.05) is 58.7 Å². The Morgan fingerprint density at radius 3 is 2.78 bits per heavy atom. The SMILES string of the molecule is Cc1c(Cl)cccc1NC(=O)Cc1csc(SCc2ccc(Cl)cc2Cl)n1. The Kier molecular flexibility index (Phi) is 7.06. The molecule has 0 spiro atoms. The van der Waals surface area contributed by atoms with E-state index in [0.717, 1.165) is 26.8 Å². The lowest BCUT2D eigenvalue weighted by Gasteiger charge is -2.08. The summed E-state index contributed by atoms with van der Waals surface area (Å²) in [7, 11) is 0. The molecule has 0 unspecified atom stereocenters. The molecule has 1 heterocycles. The Morgan fingerprint density at radius 1 is 1.19 bits per heavy atom. The minimum absolute atomic E-state index is 0.122. The summed E-state index contributed by atoms with van der Waals surface area (Å²) in [6.07, 6.45) is 0.213. The van der Waals surface area contributed by atoms with Crippen molar-refractivity contribution in [3.63, 3.8) is 0 Å². The maximum Gasteiger partial charge on any atom is 0.230 e. The highest BCUT2D eigenvalue weighted by Gasteiger charge is 2.11. The first-order chi connectivity index (χ1) is 12.9. The Bertz CT molecular complexity index is 975. The molecular formula is C19H15Cl3N2OS2. The lowest BCUT2D eigenvalue weighted by Crippen LogP contribution is -2.15. The number of aromatic nitrogens is 1. The van der Waals surface area contributed by atoms with E-state index in [-0.39, 0.29) is 12.3 Å². The zero-order valence-electron chi connectivity index (χ0n) is 14.3. The number of thiazole rings is 1. The van der Waals surface area contributed by atoms with Crippen molar-refractivity contribution in [2.45, 2.75) is 23.4 Å². The molecule has 1 N–H and O–H groups in total. The van der Waals surface area contributed by atoms with E-state index in [2.05, 4.69) is 10.3 Å². The largest absolute Gasteiger partial charge is 0.325 e. The van der Waals surface area contributed by atoms with Crippen molar-refractivity contribution in [2.24, 2.45) is 0 Å². The van der Waals surface area contributed by atoms with Crippen LogP contribution >= 0.6 is 57.9 Å². The van der Waals surface area contributed by atoms with Gasteiger partial charge in [0, 0.05) is 31.9 Å². The Hall–Kier alpha value is -1.24. The molecule has 0 aliphatic carbocycles. The van der Waals surface area contributed by atoms with E-state index in [4.69, 9.17) is 34.8 Å². The summed E-state index contributed by atoms with van der Waals surface area (Å²) in [6.45, 7) is 1.87. The van der Waals surface area contributed by atoms with Crippen molar-refractivity contribution in [3.8, 4) is 0 Å². The molecule has 0 atom stereocenters. The summed E-state index contributed by atoms with van der Waals surface area (Å²) in [5.41, 5.74) is 3.30. The third-order valence-corrected chi connectivity index (χ3v) is 6.90. The number of hydrogen-bond donors (Lipinski definition) is 1. The minimum Gasteiger partial charge on any atom is -0.325 e. The maximum absolute atomic E-state index is 12.3. The van der Waals surface area contributed by atoms with Crippen molar-refractivity contribution in [1.82, 2.24) is 4.98 Å². The summed E-state index contributed by atoms with van der Waals surface area (Å²) in [4.78, 5) is 16.8. The van der Waals surface area contributed by atoms with Crippen molar-refractivity contribution < 1.29 is 4.79 Å². The molecule has 0 bridgehead atoms. The predicted molar refractivity (Wildman–Crippen MR) is 117 cm³/mol. The molecule has 140 valence electrons. The van der Waals surface area contributed by atoms with Gasteiger partial charge in [0.15, 0.2) is 0 Å². The van der Waals surface area contributed by atoms with Crippen LogP contribution in [0.25, 0.3) is 0 Å². The summed E-state index contributed by atoms with van der Waals surface area (Å²) in [5, 5.41) is 6.67. The molecule has 3 rings (SSSR count). The molecule has 2 aromatic carbocycles. The van der Waals surface area contributed by atoms with Crippen molar-refractivity contribution >= 4 is 69.5 Å². The van der Waals surface area contributed by atoms with Gasteiger partial charge in [-0.15, -0.1) is 11.3 Å². The Morgan fingerprint density at radius 2 is 2.00 bits per heavy atom. The summed E-state index contributed by atoms with van der Waals surface area (Å²) >= 11 is 21.3. The Labute approximate surface area is 181 Å². The second kappa shape index (κ2) is 9.30. The topological polar surface area (TPSA) is 42.0 Å². The van der Waals surface area contributed by atoms with Crippen molar-refractivity contribution in [1.29, 1.82) is 0 Å². The highest BCUT2D eigenvalue weighted by Crippen LogP contribution is 2.30. The van der Waals surface area contributed by atoms with Crippen molar-refractivity contribution in [2.75, 3.05) is 5.32 Å². The van der Waals surface area contributed by atoms with Crippen LogP contribution in [-0.4, -0.2) is 10.9 Å². The number of nitrogens with zero attached hydrogens (tertiary/aromatic N) is 1. The lowest BCUT2D eigenvalue weighted by molar-refractivity contribution is -0.115. The van der Waals surface area contributed by atoms with E-state index in [9.17, 15) is 4.79 Å². The third kappa shape index (κ3) is 5.62. The molecule has 27 heavy (non-hydrogen) atoms. The van der Waals surface area contributed by atoms with E-state index >= 15 is 0 Å². The standard InChI is InChI=1S/C19H15Cl3N2OS2/c1-11-15(21)3-2-4-17(11)24-18(25)8-14-10-27-19(23-14)26-9-12-5-6-13(20)7-16(12)22/h2-7,10H,8-9H2,1H3,(H,24,25). The zero-order valence-corrected chi connectivity index (χ0v) is 18.2. The maximum atomic E-state index is 12.3. The van der Waals surface area contributed by atoms with Gasteiger partial charge >= 0.3 is 0 Å². The number of thioether (sulfide) groups is 1. The highest BCUT2D eigenvalue weighted by molar-refractivity contribution is 8.00. The minimum atomic E-state index is -0.122. The molecule has 3 nitrogen and oxygen atoms in total. The summed E-state index contributed by atoms with van der Waals surface area (Å²) in [6, 6.07) is 10.9. The molecule has 0 saturated heterocycles. The number of carbonyl (C=O) groups is 1. The number of hydrogen-bond acceptors (Lipinski definition) is 4. The van der Waals surface area contributed by atoms with Gasteiger partial charge in [0.25, 0.3) is 0 Å². The normalized spacial score (nSPS) is 10.8. The molecule has 0 fully saturated rings. The van der Waals surface area contributed by atoms with Crippen LogP contribution in [0.1, 0.15) is 16.8 Å². The fraction of sp³-hybridized carbons (Fsp3) is 0.158. The number of carbonyl (C=O) groups excluding carboxylic acids is 1. The molecule has 0 radical (unpaired) electrons. The Balaban J connectivity index is 1.57. The van der Waals surface area contributed by atoms with Gasteiger partial charge in [-0.25, -0.2) is 4.98 Å². The van der Waals surface area contributed by atoms with Crippen LogP contribution in [0.4, 0.5) is 5.69 Å². The van der Waals surface area contributed by atoms with Crippen LogP contribution in [0, 0.1) is 6.92 Å². The fourth-order valence-corrected chi connectivity index (χ4v) is 4.89. The van der Waals surface area contributed by atoms with Crippen LogP contribution in [0.3, 0.4) is 0 Å². The quantitative estimate of drug-likeness (QED) is 0.410. The average Bonchev–Trinajstić information content (AvgIpc) is 3.05. The van der Waals surface area contributed by atoms with Crippen LogP contribution in [0.5, 0.6) is 0 Å². The van der Waals surface area contributed by atoms with Crippen LogP contribution in [0.2, 0.25) is 15.1 Å². The first-order valence-electron chi connectivity index (χ1n) is 7.98. The van der Waals surface area contributed by atoms with Gasteiger partial charge in [-0.2, -0.15) is 0 Å². The number of benzene rings is 2. The summed E-state index contributed by atoms with van der Waals surface area (Å²) in [5.74, 6) is 0.569. The summed E-state index contributed by atoms with van der Waals surface area (Å²) < 4.78 is 0.891. The van der Waals surface area contributed by atoms with Crippen LogP contribution in [0.15, 0.2) is 46.1 Å². The van der Waals surface area contributed by atoms with Gasteiger partial charge in [0.2, 0.25) is 5.91 Å². The number of anilines is 1. The second-order valence-corrected chi connectivity index (χ2v) is 9.10. The van der Waals surface area contributed by atoms with E-state index in [1.807, 2.05) is 36.6 Å². The highest BCUT2D eigenvalue weighted by atomic mass is 35.5. The molecule has 0 aliphatic heterocycles. The fourth-order valence-electron chi connectivity index (χ4n) is 2.32. The monoisotopic (exact) mass is 456 g/mol. The predicted octanol–water partition coefficient (Wildman–Crippen LogP) is 6.89. The van der Waals surface area contributed by atoms with E-state index in [0.29, 0.717) is 20.8 Å². The molecule has 1 aromatic heterocycles. The van der Waals surface area contributed by atoms with Crippen molar-refractivity contribution in [3.05, 3.63) is 73.7 Å². The zero-order chi connectivity index (χ0) is 19.4. The van der Waals surface area contributed by atoms with E-state index in [1.165, 1.54) is 11.3 Å². The first kappa shape index (κ1) is 20.5. The van der Waals surface area contributed by atoms with Gasteiger partial charge < -0.3 is 5.32 Å². The van der Waals surface area contributed by atoms with Gasteiger partial charge in [-0.3, -0.25) is 4.79 Å².